The summed E-state index contributed by atoms with van der Waals surface area (Å²) in [7, 11) is -0.395. The van der Waals surface area contributed by atoms with Gasteiger partial charge in [0.25, 0.3) is 5.91 Å². The fourth-order valence-corrected chi connectivity index (χ4v) is 4.96. The third-order valence-electron chi connectivity index (χ3n) is 4.89. The Bertz CT molecular complexity index is 822. The molecule has 0 spiro atoms. The molecule has 0 bridgehead atoms. The molecule has 0 saturated carbocycles. The van der Waals surface area contributed by atoms with Crippen LogP contribution >= 0.6 is 0 Å². The van der Waals surface area contributed by atoms with E-state index in [1.54, 1.807) is 4.90 Å². The van der Waals surface area contributed by atoms with Crippen molar-refractivity contribution in [3.05, 3.63) is 23.8 Å². The summed E-state index contributed by atoms with van der Waals surface area (Å²) in [4.78, 5) is 26.1. The van der Waals surface area contributed by atoms with Gasteiger partial charge >= 0.3 is 5.97 Å². The summed E-state index contributed by atoms with van der Waals surface area (Å²) in [6.07, 6.45) is 1.15. The van der Waals surface area contributed by atoms with E-state index in [2.05, 4.69) is 4.74 Å². The van der Waals surface area contributed by atoms with Crippen molar-refractivity contribution in [2.45, 2.75) is 38.8 Å². The first kappa shape index (κ1) is 22.0. The summed E-state index contributed by atoms with van der Waals surface area (Å²) in [5.74, 6) is -0.0929. The van der Waals surface area contributed by atoms with Crippen LogP contribution in [0.25, 0.3) is 0 Å². The molecule has 1 saturated heterocycles. The maximum absolute atomic E-state index is 12.8. The number of benzene rings is 1. The van der Waals surface area contributed by atoms with Gasteiger partial charge in [-0.05, 0) is 38.0 Å². The van der Waals surface area contributed by atoms with Crippen LogP contribution in [0.2, 0.25) is 0 Å². The van der Waals surface area contributed by atoms with Gasteiger partial charge in [0.15, 0.2) is 27.9 Å². The maximum Gasteiger partial charge on any atom is 0.337 e. The molecule has 1 fully saturated rings. The first-order valence-corrected chi connectivity index (χ1v) is 10.9. The van der Waals surface area contributed by atoms with Crippen LogP contribution in [0, 0.1) is 0 Å². The summed E-state index contributed by atoms with van der Waals surface area (Å²) < 4.78 is 39.2. The van der Waals surface area contributed by atoms with Gasteiger partial charge in [-0.3, -0.25) is 4.79 Å². The Balaban J connectivity index is 2.13. The van der Waals surface area contributed by atoms with Crippen molar-refractivity contribution >= 4 is 21.7 Å². The summed E-state index contributed by atoms with van der Waals surface area (Å²) in [6, 6.07) is 4.09. The summed E-state index contributed by atoms with van der Waals surface area (Å²) >= 11 is 0. The normalized spacial score (nSPS) is 18.9. The van der Waals surface area contributed by atoms with E-state index in [-0.39, 0.29) is 36.1 Å². The van der Waals surface area contributed by atoms with Crippen LogP contribution in [0.4, 0.5) is 0 Å². The van der Waals surface area contributed by atoms with Crippen molar-refractivity contribution in [3.63, 3.8) is 0 Å². The van der Waals surface area contributed by atoms with Crippen LogP contribution in [0.1, 0.15) is 37.0 Å². The number of rotatable bonds is 8. The van der Waals surface area contributed by atoms with E-state index in [4.69, 9.17) is 9.47 Å². The van der Waals surface area contributed by atoms with Crippen molar-refractivity contribution in [1.82, 2.24) is 4.90 Å². The Morgan fingerprint density at radius 2 is 1.96 bits per heavy atom. The van der Waals surface area contributed by atoms with Gasteiger partial charge in [-0.2, -0.15) is 0 Å². The van der Waals surface area contributed by atoms with E-state index in [0.29, 0.717) is 29.9 Å². The molecule has 1 amide bonds. The highest BCUT2D eigenvalue weighted by molar-refractivity contribution is 7.91. The van der Waals surface area contributed by atoms with E-state index >= 15 is 0 Å². The van der Waals surface area contributed by atoms with E-state index in [9.17, 15) is 18.0 Å². The molecule has 0 N–H and O–H groups in total. The second-order valence-electron chi connectivity index (χ2n) is 6.76. The number of nitrogens with zero attached hydrogens (tertiary/aromatic N) is 1. The highest BCUT2D eigenvalue weighted by Gasteiger charge is 2.36. The molecule has 1 aromatic rings. The molecular weight excluding hydrogens is 386 g/mol. The van der Waals surface area contributed by atoms with Gasteiger partial charge in [-0.1, -0.05) is 6.92 Å². The van der Waals surface area contributed by atoms with E-state index in [0.717, 1.165) is 0 Å². The Morgan fingerprint density at radius 1 is 1.25 bits per heavy atom. The molecule has 2 atom stereocenters. The van der Waals surface area contributed by atoms with Crippen LogP contribution in [0.15, 0.2) is 18.2 Å². The molecule has 1 aliphatic rings. The fraction of sp³-hybridized carbons (Fsp3) is 0.579. The minimum atomic E-state index is -3.11. The number of esters is 1. The molecule has 1 heterocycles. The lowest BCUT2D eigenvalue weighted by Gasteiger charge is -2.33. The maximum atomic E-state index is 12.8. The number of carbonyl (C=O) groups excluding carboxylic acids is 2. The van der Waals surface area contributed by atoms with Crippen molar-refractivity contribution in [2.24, 2.45) is 0 Å². The Hall–Kier alpha value is -2.29. The van der Waals surface area contributed by atoms with Gasteiger partial charge in [-0.25, -0.2) is 13.2 Å². The van der Waals surface area contributed by atoms with E-state index < -0.39 is 15.8 Å². The van der Waals surface area contributed by atoms with Crippen molar-refractivity contribution in [2.75, 3.05) is 32.3 Å². The molecule has 0 radical (unpaired) electrons. The largest absolute Gasteiger partial charge is 0.493 e. The SMILES string of the molecule is CC[C@@H](C)N(C(=O)COc1ccc(C(=O)OC)cc1OC)[C@H]1CCS(=O)(=O)C1. The number of carbonyl (C=O) groups is 2. The minimum absolute atomic E-state index is 0.0137. The summed E-state index contributed by atoms with van der Waals surface area (Å²) in [5, 5.41) is 0. The Morgan fingerprint density at radius 3 is 2.50 bits per heavy atom. The van der Waals surface area contributed by atoms with Crippen molar-refractivity contribution < 1.29 is 32.2 Å². The monoisotopic (exact) mass is 413 g/mol. The summed E-state index contributed by atoms with van der Waals surface area (Å²) in [6.45, 7) is 3.59. The standard InChI is InChI=1S/C19H27NO7S/c1-5-13(2)20(15-8-9-28(23,24)12-15)18(21)11-27-16-7-6-14(19(22)26-4)10-17(16)25-3/h6-7,10,13,15H,5,8-9,11-12H2,1-4H3/t13-,15+/m1/s1. The van der Waals surface area contributed by atoms with E-state index in [1.165, 1.54) is 32.4 Å². The van der Waals surface area contributed by atoms with Gasteiger partial charge in [0.05, 0.1) is 31.3 Å². The average molecular weight is 413 g/mol. The minimum Gasteiger partial charge on any atom is -0.493 e. The second kappa shape index (κ2) is 9.27. The lowest BCUT2D eigenvalue weighted by molar-refractivity contribution is -0.137. The fourth-order valence-electron chi connectivity index (χ4n) is 3.25. The van der Waals surface area contributed by atoms with Crippen LogP contribution in [-0.4, -0.2) is 69.6 Å². The quantitative estimate of drug-likeness (QED) is 0.598. The van der Waals surface area contributed by atoms with Crippen LogP contribution < -0.4 is 9.47 Å². The first-order valence-electron chi connectivity index (χ1n) is 9.13. The number of ether oxygens (including phenoxy) is 3. The van der Waals surface area contributed by atoms with Gasteiger partial charge < -0.3 is 19.1 Å². The third kappa shape index (κ3) is 5.15. The molecule has 8 nitrogen and oxygen atoms in total. The molecule has 1 aromatic carbocycles. The molecule has 9 heteroatoms. The van der Waals surface area contributed by atoms with E-state index in [1.807, 2.05) is 13.8 Å². The zero-order valence-electron chi connectivity index (χ0n) is 16.6. The highest BCUT2D eigenvalue weighted by atomic mass is 32.2. The molecule has 0 aromatic heterocycles. The lowest BCUT2D eigenvalue weighted by Crippen LogP contribution is -2.48. The zero-order chi connectivity index (χ0) is 20.9. The Labute approximate surface area is 165 Å². The first-order chi connectivity index (χ1) is 13.2. The number of amides is 1. The number of hydrogen-bond donors (Lipinski definition) is 0. The third-order valence-corrected chi connectivity index (χ3v) is 6.64. The zero-order valence-corrected chi connectivity index (χ0v) is 17.5. The molecule has 1 aliphatic heterocycles. The lowest BCUT2D eigenvalue weighted by atomic mass is 10.1. The smallest absolute Gasteiger partial charge is 0.337 e. The molecule has 28 heavy (non-hydrogen) atoms. The van der Waals surface area contributed by atoms with Gasteiger partial charge in [0, 0.05) is 12.1 Å². The van der Waals surface area contributed by atoms with Gasteiger partial charge in [-0.15, -0.1) is 0 Å². The van der Waals surface area contributed by atoms with Crippen LogP contribution in [0.3, 0.4) is 0 Å². The van der Waals surface area contributed by atoms with Crippen LogP contribution in [0.5, 0.6) is 11.5 Å². The van der Waals surface area contributed by atoms with Crippen molar-refractivity contribution in [1.29, 1.82) is 0 Å². The predicted molar refractivity (Wildman–Crippen MR) is 103 cm³/mol. The summed E-state index contributed by atoms with van der Waals surface area (Å²) in [5.41, 5.74) is 0.301. The number of hydrogen-bond acceptors (Lipinski definition) is 7. The molecule has 2 rings (SSSR count). The second-order valence-corrected chi connectivity index (χ2v) is 8.99. The van der Waals surface area contributed by atoms with Crippen molar-refractivity contribution in [3.8, 4) is 11.5 Å². The van der Waals surface area contributed by atoms with Crippen LogP contribution in [-0.2, 0) is 19.4 Å². The Kier molecular flexibility index (Phi) is 7.29. The predicted octanol–water partition coefficient (Wildman–Crippen LogP) is 1.67. The van der Waals surface area contributed by atoms with Gasteiger partial charge in [0.1, 0.15) is 0 Å². The number of sulfone groups is 1. The molecule has 156 valence electrons. The average Bonchev–Trinajstić information content (AvgIpc) is 3.04. The molecule has 0 aliphatic carbocycles. The number of methoxy groups -OCH3 is 2. The molecule has 0 unspecified atom stereocenters. The topological polar surface area (TPSA) is 99.2 Å². The molecular formula is C19H27NO7S. The van der Waals surface area contributed by atoms with Gasteiger partial charge in [0.2, 0.25) is 0 Å². The highest BCUT2D eigenvalue weighted by Crippen LogP contribution is 2.29.